The summed E-state index contributed by atoms with van der Waals surface area (Å²) in [6, 6.07) is 3.16. The van der Waals surface area contributed by atoms with Crippen LogP contribution in [0.1, 0.15) is 11.8 Å². The monoisotopic (exact) mass is 298 g/mol. The van der Waals surface area contributed by atoms with Crippen molar-refractivity contribution in [2.24, 2.45) is 5.92 Å². The van der Waals surface area contributed by atoms with E-state index in [1.54, 1.807) is 11.3 Å². The number of carboxylic acids is 1. The van der Waals surface area contributed by atoms with Gasteiger partial charge in [0.25, 0.3) is 0 Å². The SMILES string of the molecule is CC(Cc1cccs1)NC(=O)NC1COCC1C(=O)O. The van der Waals surface area contributed by atoms with Crippen LogP contribution in [0.2, 0.25) is 0 Å². The molecule has 6 nitrogen and oxygen atoms in total. The molecular weight excluding hydrogens is 280 g/mol. The third-order valence-electron chi connectivity index (χ3n) is 3.18. The minimum absolute atomic E-state index is 0.0146. The molecule has 2 amide bonds. The molecule has 0 aliphatic carbocycles. The van der Waals surface area contributed by atoms with E-state index < -0.39 is 17.9 Å². The summed E-state index contributed by atoms with van der Waals surface area (Å²) in [5, 5.41) is 16.5. The fourth-order valence-electron chi connectivity index (χ4n) is 2.16. The molecule has 7 heteroatoms. The molecule has 1 aliphatic rings. The molecule has 2 heterocycles. The maximum atomic E-state index is 11.8. The van der Waals surface area contributed by atoms with E-state index in [2.05, 4.69) is 10.6 Å². The standard InChI is InChI=1S/C13H18N2O4S/c1-8(5-9-3-2-4-20-9)14-13(18)15-11-7-19-6-10(11)12(16)17/h2-4,8,10-11H,5-7H2,1H3,(H,16,17)(H2,14,15,18). The van der Waals surface area contributed by atoms with Crippen LogP contribution in [-0.4, -0.2) is 42.4 Å². The second-order valence-electron chi connectivity index (χ2n) is 4.89. The van der Waals surface area contributed by atoms with Crippen LogP contribution in [0.4, 0.5) is 4.79 Å². The highest BCUT2D eigenvalue weighted by Gasteiger charge is 2.35. The molecule has 1 aromatic rings. The molecule has 1 aliphatic heterocycles. The second kappa shape index (κ2) is 6.71. The summed E-state index contributed by atoms with van der Waals surface area (Å²) < 4.78 is 5.10. The first kappa shape index (κ1) is 14.8. The lowest BCUT2D eigenvalue weighted by Gasteiger charge is -2.19. The molecule has 1 saturated heterocycles. The second-order valence-corrected chi connectivity index (χ2v) is 5.92. The zero-order valence-corrected chi connectivity index (χ0v) is 12.0. The Bertz CT molecular complexity index is 463. The molecular formula is C13H18N2O4S. The Kier molecular flexibility index (Phi) is 4.97. The molecule has 110 valence electrons. The van der Waals surface area contributed by atoms with Crippen molar-refractivity contribution in [3.63, 3.8) is 0 Å². The van der Waals surface area contributed by atoms with Crippen LogP contribution in [0.15, 0.2) is 17.5 Å². The summed E-state index contributed by atoms with van der Waals surface area (Å²) in [5.41, 5.74) is 0. The Morgan fingerprint density at radius 2 is 2.35 bits per heavy atom. The Balaban J connectivity index is 1.78. The van der Waals surface area contributed by atoms with Crippen molar-refractivity contribution in [2.75, 3.05) is 13.2 Å². The fourth-order valence-corrected chi connectivity index (χ4v) is 2.99. The normalized spacial score (nSPS) is 23.2. The summed E-state index contributed by atoms with van der Waals surface area (Å²) in [7, 11) is 0. The first-order chi connectivity index (χ1) is 9.56. The number of rotatable bonds is 5. The zero-order valence-electron chi connectivity index (χ0n) is 11.2. The van der Waals surface area contributed by atoms with Crippen molar-refractivity contribution in [2.45, 2.75) is 25.4 Å². The van der Waals surface area contributed by atoms with Gasteiger partial charge in [0, 0.05) is 17.3 Å². The highest BCUT2D eigenvalue weighted by atomic mass is 32.1. The number of thiophene rings is 1. The number of carbonyl (C=O) groups excluding carboxylic acids is 1. The number of aliphatic carboxylic acids is 1. The lowest BCUT2D eigenvalue weighted by Crippen LogP contribution is -2.49. The van der Waals surface area contributed by atoms with Crippen LogP contribution in [0.25, 0.3) is 0 Å². The minimum Gasteiger partial charge on any atom is -0.481 e. The van der Waals surface area contributed by atoms with E-state index in [0.29, 0.717) is 0 Å². The number of ether oxygens (including phenoxy) is 1. The van der Waals surface area contributed by atoms with Gasteiger partial charge in [-0.05, 0) is 18.4 Å². The van der Waals surface area contributed by atoms with Crippen molar-refractivity contribution < 1.29 is 19.4 Å². The topological polar surface area (TPSA) is 87.7 Å². The molecule has 3 atom stereocenters. The van der Waals surface area contributed by atoms with Gasteiger partial charge in [-0.3, -0.25) is 4.79 Å². The average Bonchev–Trinajstić information content (AvgIpc) is 2.99. The maximum absolute atomic E-state index is 11.8. The number of hydrogen-bond donors (Lipinski definition) is 3. The summed E-state index contributed by atoms with van der Waals surface area (Å²) in [4.78, 5) is 24.0. The molecule has 0 aromatic carbocycles. The molecule has 1 aromatic heterocycles. The Labute approximate surface area is 121 Å². The van der Waals surface area contributed by atoms with Gasteiger partial charge < -0.3 is 20.5 Å². The predicted octanol–water partition coefficient (Wildman–Crippen LogP) is 1.08. The molecule has 3 unspecified atom stereocenters. The van der Waals surface area contributed by atoms with E-state index >= 15 is 0 Å². The fraction of sp³-hybridized carbons (Fsp3) is 0.538. The predicted molar refractivity (Wildman–Crippen MR) is 74.9 cm³/mol. The molecule has 0 saturated carbocycles. The number of carbonyl (C=O) groups is 2. The number of hydrogen-bond acceptors (Lipinski definition) is 4. The third-order valence-corrected chi connectivity index (χ3v) is 4.08. The molecule has 3 N–H and O–H groups in total. The summed E-state index contributed by atoms with van der Waals surface area (Å²) in [5.74, 6) is -1.62. The lowest BCUT2D eigenvalue weighted by molar-refractivity contribution is -0.142. The molecule has 0 bridgehead atoms. The molecule has 0 radical (unpaired) electrons. The Hall–Kier alpha value is -1.60. The van der Waals surface area contributed by atoms with Crippen LogP contribution in [0.5, 0.6) is 0 Å². The van der Waals surface area contributed by atoms with Crippen LogP contribution in [-0.2, 0) is 16.0 Å². The van der Waals surface area contributed by atoms with E-state index in [4.69, 9.17) is 9.84 Å². The van der Waals surface area contributed by atoms with Crippen molar-refractivity contribution >= 4 is 23.3 Å². The maximum Gasteiger partial charge on any atom is 0.315 e. The molecule has 20 heavy (non-hydrogen) atoms. The highest BCUT2D eigenvalue weighted by Crippen LogP contribution is 2.14. The molecule has 1 fully saturated rings. The van der Waals surface area contributed by atoms with Gasteiger partial charge in [-0.2, -0.15) is 0 Å². The number of carboxylic acid groups (broad SMARTS) is 1. The Morgan fingerprint density at radius 1 is 1.55 bits per heavy atom. The van der Waals surface area contributed by atoms with Gasteiger partial charge in [-0.25, -0.2) is 4.79 Å². The van der Waals surface area contributed by atoms with Crippen molar-refractivity contribution in [3.8, 4) is 0 Å². The summed E-state index contributed by atoms with van der Waals surface area (Å²) in [6.07, 6.45) is 0.759. The average molecular weight is 298 g/mol. The van der Waals surface area contributed by atoms with E-state index in [0.717, 1.165) is 6.42 Å². The lowest BCUT2D eigenvalue weighted by atomic mass is 10.0. The smallest absolute Gasteiger partial charge is 0.315 e. The zero-order chi connectivity index (χ0) is 14.5. The van der Waals surface area contributed by atoms with Gasteiger partial charge in [0.1, 0.15) is 5.92 Å². The van der Waals surface area contributed by atoms with Crippen molar-refractivity contribution in [1.82, 2.24) is 10.6 Å². The van der Waals surface area contributed by atoms with Crippen LogP contribution in [0, 0.1) is 5.92 Å². The van der Waals surface area contributed by atoms with Crippen LogP contribution in [0.3, 0.4) is 0 Å². The number of nitrogens with one attached hydrogen (secondary N) is 2. The Morgan fingerprint density at radius 3 is 3.00 bits per heavy atom. The number of amides is 2. The van der Waals surface area contributed by atoms with Gasteiger partial charge in [0.15, 0.2) is 0 Å². The summed E-state index contributed by atoms with van der Waals surface area (Å²) >= 11 is 1.65. The van der Waals surface area contributed by atoms with Gasteiger partial charge >= 0.3 is 12.0 Å². The minimum atomic E-state index is -0.945. The summed E-state index contributed by atoms with van der Waals surface area (Å²) in [6.45, 7) is 2.30. The van der Waals surface area contributed by atoms with E-state index in [-0.39, 0.29) is 25.3 Å². The largest absolute Gasteiger partial charge is 0.481 e. The molecule has 0 spiro atoms. The van der Waals surface area contributed by atoms with E-state index in [9.17, 15) is 9.59 Å². The quantitative estimate of drug-likeness (QED) is 0.759. The first-order valence-electron chi connectivity index (χ1n) is 6.46. The van der Waals surface area contributed by atoms with Crippen molar-refractivity contribution in [1.29, 1.82) is 0 Å². The van der Waals surface area contributed by atoms with Gasteiger partial charge in [0.2, 0.25) is 0 Å². The number of urea groups is 1. The molecule has 2 rings (SSSR count). The van der Waals surface area contributed by atoms with Gasteiger partial charge in [-0.15, -0.1) is 11.3 Å². The van der Waals surface area contributed by atoms with E-state index in [1.807, 2.05) is 24.4 Å². The first-order valence-corrected chi connectivity index (χ1v) is 7.34. The highest BCUT2D eigenvalue weighted by molar-refractivity contribution is 7.09. The van der Waals surface area contributed by atoms with Crippen LogP contribution < -0.4 is 10.6 Å². The van der Waals surface area contributed by atoms with E-state index in [1.165, 1.54) is 4.88 Å². The van der Waals surface area contributed by atoms with Gasteiger partial charge in [-0.1, -0.05) is 6.07 Å². The van der Waals surface area contributed by atoms with Crippen molar-refractivity contribution in [3.05, 3.63) is 22.4 Å². The van der Waals surface area contributed by atoms with Crippen LogP contribution >= 0.6 is 11.3 Å². The third kappa shape index (κ3) is 3.94. The van der Waals surface area contributed by atoms with Gasteiger partial charge in [0.05, 0.1) is 19.3 Å².